The summed E-state index contributed by atoms with van der Waals surface area (Å²) in [6.45, 7) is 1.65. The van der Waals surface area contributed by atoms with Crippen molar-refractivity contribution in [1.82, 2.24) is 4.57 Å². The minimum Gasteiger partial charge on any atom is -0.460 e. The van der Waals surface area contributed by atoms with E-state index in [0.717, 1.165) is 22.6 Å². The Labute approximate surface area is 151 Å². The molecular weight excluding hydrogens is 338 g/mol. The number of hydrogen-bond donors (Lipinski definition) is 1. The molecule has 1 aromatic heterocycles. The number of para-hydroxylation sites is 1. The first-order valence-electron chi connectivity index (χ1n) is 7.93. The van der Waals surface area contributed by atoms with E-state index in [1.54, 1.807) is 0 Å². The molecule has 1 N–H and O–H groups in total. The minimum atomic E-state index is -0.448. The third kappa shape index (κ3) is 3.60. The molecule has 2 aromatic carbocycles. The SMILES string of the molecule is Cc1c(C(=O)OCCO)cc(-c2ccc(Cl)cc2)n1-c1ccccc1. The van der Waals surface area contributed by atoms with Crippen molar-refractivity contribution in [3.63, 3.8) is 0 Å². The number of aromatic nitrogens is 1. The smallest absolute Gasteiger partial charge is 0.340 e. The number of halogens is 1. The largest absolute Gasteiger partial charge is 0.460 e. The molecule has 0 atom stereocenters. The monoisotopic (exact) mass is 355 g/mol. The summed E-state index contributed by atoms with van der Waals surface area (Å²) in [6, 6.07) is 19.1. The lowest BCUT2D eigenvalue weighted by Crippen LogP contribution is -2.10. The number of carbonyl (C=O) groups is 1. The van der Waals surface area contributed by atoms with Gasteiger partial charge in [-0.25, -0.2) is 4.79 Å². The lowest BCUT2D eigenvalue weighted by Gasteiger charge is -2.12. The van der Waals surface area contributed by atoms with Gasteiger partial charge in [-0.05, 0) is 42.8 Å². The van der Waals surface area contributed by atoms with E-state index < -0.39 is 5.97 Å². The molecule has 0 amide bonds. The van der Waals surface area contributed by atoms with Crippen LogP contribution in [-0.2, 0) is 4.74 Å². The number of carbonyl (C=O) groups excluding carboxylic acids is 1. The van der Waals surface area contributed by atoms with E-state index in [0.29, 0.717) is 10.6 Å². The molecule has 3 rings (SSSR count). The van der Waals surface area contributed by atoms with E-state index in [1.165, 1.54) is 0 Å². The predicted octanol–water partition coefficient (Wildman–Crippen LogP) is 4.26. The van der Waals surface area contributed by atoms with Crippen molar-refractivity contribution in [2.75, 3.05) is 13.2 Å². The summed E-state index contributed by atoms with van der Waals surface area (Å²) in [6.07, 6.45) is 0. The third-order valence-electron chi connectivity index (χ3n) is 3.95. The highest BCUT2D eigenvalue weighted by molar-refractivity contribution is 6.30. The predicted molar refractivity (Wildman–Crippen MR) is 98.3 cm³/mol. The molecule has 0 saturated carbocycles. The normalized spacial score (nSPS) is 10.7. The quantitative estimate of drug-likeness (QED) is 0.696. The summed E-state index contributed by atoms with van der Waals surface area (Å²) in [5.74, 6) is -0.448. The maximum atomic E-state index is 12.3. The van der Waals surface area contributed by atoms with E-state index in [-0.39, 0.29) is 13.2 Å². The van der Waals surface area contributed by atoms with Gasteiger partial charge in [0, 0.05) is 16.4 Å². The van der Waals surface area contributed by atoms with Crippen molar-refractivity contribution < 1.29 is 14.6 Å². The molecule has 25 heavy (non-hydrogen) atoms. The second-order valence-corrected chi connectivity index (χ2v) is 6.00. The number of aliphatic hydroxyl groups excluding tert-OH is 1. The van der Waals surface area contributed by atoms with Crippen LogP contribution in [0.25, 0.3) is 16.9 Å². The zero-order chi connectivity index (χ0) is 17.8. The van der Waals surface area contributed by atoms with E-state index in [9.17, 15) is 4.79 Å². The molecule has 0 spiro atoms. The van der Waals surface area contributed by atoms with Crippen molar-refractivity contribution in [2.45, 2.75) is 6.92 Å². The number of esters is 1. The zero-order valence-electron chi connectivity index (χ0n) is 13.8. The van der Waals surface area contributed by atoms with Crippen LogP contribution in [0, 0.1) is 6.92 Å². The van der Waals surface area contributed by atoms with Crippen LogP contribution < -0.4 is 0 Å². The van der Waals surface area contributed by atoms with E-state index in [4.69, 9.17) is 21.4 Å². The molecule has 0 aliphatic carbocycles. The Morgan fingerprint density at radius 2 is 1.80 bits per heavy atom. The number of ether oxygens (including phenoxy) is 1. The topological polar surface area (TPSA) is 51.5 Å². The zero-order valence-corrected chi connectivity index (χ0v) is 14.5. The molecule has 3 aromatic rings. The average molecular weight is 356 g/mol. The molecule has 0 saturated heterocycles. The molecule has 0 fully saturated rings. The number of hydrogen-bond acceptors (Lipinski definition) is 3. The van der Waals surface area contributed by atoms with Crippen LogP contribution in [0.4, 0.5) is 0 Å². The van der Waals surface area contributed by atoms with Crippen molar-refractivity contribution in [3.8, 4) is 16.9 Å². The Bertz CT molecular complexity index is 870. The van der Waals surface area contributed by atoms with E-state index in [2.05, 4.69) is 0 Å². The van der Waals surface area contributed by atoms with Crippen LogP contribution in [0.1, 0.15) is 16.1 Å². The lowest BCUT2D eigenvalue weighted by atomic mass is 10.1. The van der Waals surface area contributed by atoms with Gasteiger partial charge in [0.15, 0.2) is 0 Å². The highest BCUT2D eigenvalue weighted by Gasteiger charge is 2.20. The van der Waals surface area contributed by atoms with Crippen molar-refractivity contribution in [2.24, 2.45) is 0 Å². The average Bonchev–Trinajstić information content (AvgIpc) is 2.98. The summed E-state index contributed by atoms with van der Waals surface area (Å²) >= 11 is 6.00. The highest BCUT2D eigenvalue weighted by atomic mass is 35.5. The molecule has 0 aliphatic rings. The minimum absolute atomic E-state index is 0.0227. The highest BCUT2D eigenvalue weighted by Crippen LogP contribution is 2.30. The Hall–Kier alpha value is -2.56. The maximum Gasteiger partial charge on any atom is 0.340 e. The van der Waals surface area contributed by atoms with Gasteiger partial charge in [-0.15, -0.1) is 0 Å². The first-order chi connectivity index (χ1) is 12.1. The van der Waals surface area contributed by atoms with Gasteiger partial charge in [-0.2, -0.15) is 0 Å². The maximum absolute atomic E-state index is 12.3. The van der Waals surface area contributed by atoms with E-state index in [1.807, 2.05) is 72.2 Å². The van der Waals surface area contributed by atoms with Gasteiger partial charge in [0.25, 0.3) is 0 Å². The molecule has 0 unspecified atom stereocenters. The first kappa shape index (κ1) is 17.3. The van der Waals surface area contributed by atoms with Crippen molar-refractivity contribution >= 4 is 17.6 Å². The van der Waals surface area contributed by atoms with Crippen LogP contribution >= 0.6 is 11.6 Å². The van der Waals surface area contributed by atoms with Gasteiger partial charge in [0.1, 0.15) is 6.61 Å². The van der Waals surface area contributed by atoms with Gasteiger partial charge >= 0.3 is 5.97 Å². The first-order valence-corrected chi connectivity index (χ1v) is 8.31. The number of aliphatic hydroxyl groups is 1. The number of rotatable bonds is 5. The Balaban J connectivity index is 2.15. The second kappa shape index (κ2) is 7.55. The molecule has 0 radical (unpaired) electrons. The van der Waals surface area contributed by atoms with Crippen LogP contribution in [0.2, 0.25) is 5.02 Å². The molecular formula is C20H18ClNO3. The van der Waals surface area contributed by atoms with Crippen LogP contribution in [0.15, 0.2) is 60.7 Å². The van der Waals surface area contributed by atoms with Crippen molar-refractivity contribution in [3.05, 3.63) is 76.9 Å². The lowest BCUT2D eigenvalue weighted by molar-refractivity contribution is 0.0433. The number of benzene rings is 2. The Morgan fingerprint density at radius 3 is 2.44 bits per heavy atom. The van der Waals surface area contributed by atoms with Crippen LogP contribution in [0.3, 0.4) is 0 Å². The summed E-state index contributed by atoms with van der Waals surface area (Å²) in [4.78, 5) is 12.3. The summed E-state index contributed by atoms with van der Waals surface area (Å²) in [5, 5.41) is 9.53. The van der Waals surface area contributed by atoms with Gasteiger partial charge in [0.05, 0.1) is 17.9 Å². The second-order valence-electron chi connectivity index (χ2n) is 5.57. The van der Waals surface area contributed by atoms with Gasteiger partial charge in [-0.1, -0.05) is 41.9 Å². The molecule has 128 valence electrons. The van der Waals surface area contributed by atoms with Gasteiger partial charge < -0.3 is 14.4 Å². The van der Waals surface area contributed by atoms with Gasteiger partial charge in [-0.3, -0.25) is 0 Å². The molecule has 5 heteroatoms. The fraction of sp³-hybridized carbons (Fsp3) is 0.150. The van der Waals surface area contributed by atoms with Crippen molar-refractivity contribution in [1.29, 1.82) is 0 Å². The third-order valence-corrected chi connectivity index (χ3v) is 4.20. The summed E-state index contributed by atoms with van der Waals surface area (Å²) < 4.78 is 7.11. The van der Waals surface area contributed by atoms with E-state index >= 15 is 0 Å². The fourth-order valence-electron chi connectivity index (χ4n) is 2.77. The number of nitrogens with zero attached hydrogens (tertiary/aromatic N) is 1. The van der Waals surface area contributed by atoms with Crippen LogP contribution in [0.5, 0.6) is 0 Å². The fourth-order valence-corrected chi connectivity index (χ4v) is 2.90. The molecule has 4 nitrogen and oxygen atoms in total. The summed E-state index contributed by atoms with van der Waals surface area (Å²) in [5.41, 5.74) is 4.02. The summed E-state index contributed by atoms with van der Waals surface area (Å²) in [7, 11) is 0. The van der Waals surface area contributed by atoms with Crippen LogP contribution in [-0.4, -0.2) is 28.9 Å². The standard InChI is InChI=1S/C20H18ClNO3/c1-14-18(20(24)25-12-11-23)13-19(15-7-9-16(21)10-8-15)22(14)17-5-3-2-4-6-17/h2-10,13,23H,11-12H2,1H3. The van der Waals surface area contributed by atoms with Gasteiger partial charge in [0.2, 0.25) is 0 Å². The molecule has 0 aliphatic heterocycles. The molecule has 1 heterocycles. The Morgan fingerprint density at radius 1 is 1.12 bits per heavy atom. The Kier molecular flexibility index (Phi) is 5.22. The molecule has 0 bridgehead atoms.